The predicted octanol–water partition coefficient (Wildman–Crippen LogP) is 0.347. The van der Waals surface area contributed by atoms with Crippen LogP contribution >= 0.6 is 0 Å². The minimum Gasteiger partial charge on any atom is -0.744 e. The van der Waals surface area contributed by atoms with E-state index in [1.165, 1.54) is 12.1 Å². The Bertz CT molecular complexity index is 774. The van der Waals surface area contributed by atoms with Gasteiger partial charge in [0.1, 0.15) is 15.9 Å². The minimum absolute atomic E-state index is 0.0370. The molecule has 0 saturated heterocycles. The Labute approximate surface area is 125 Å². The lowest BCUT2D eigenvalue weighted by Crippen LogP contribution is -2.40. The highest BCUT2D eigenvalue weighted by molar-refractivity contribution is 7.85. The van der Waals surface area contributed by atoms with Crippen molar-refractivity contribution in [3.63, 3.8) is 0 Å². The van der Waals surface area contributed by atoms with Crippen LogP contribution in [-0.4, -0.2) is 23.0 Å². The maximum atomic E-state index is 10.3. The molecule has 10 heteroatoms. The number of hydrogen-bond donors (Lipinski definition) is 3. The first-order valence-electron chi connectivity index (χ1n) is 5.72. The molecular weight excluding hydrogens is 314 g/mol. The van der Waals surface area contributed by atoms with Crippen molar-refractivity contribution >= 4 is 27.2 Å². The van der Waals surface area contributed by atoms with Gasteiger partial charge in [0.2, 0.25) is 5.69 Å². The highest BCUT2D eigenvalue weighted by atomic mass is 32.2. The summed E-state index contributed by atoms with van der Waals surface area (Å²) in [6, 6.07) is 8.79. The molecule has 0 amide bonds. The number of nitrogens with zero attached hydrogens (tertiary/aromatic N) is 1. The number of nitro benzene ring substituents is 1. The second-order valence-electron chi connectivity index (χ2n) is 4.09. The Kier molecular flexibility index (Phi) is 5.40. The van der Waals surface area contributed by atoms with Crippen LogP contribution in [-0.2, 0) is 10.1 Å². The minimum atomic E-state index is -4.38. The summed E-state index contributed by atoms with van der Waals surface area (Å²) < 4.78 is 30.9. The van der Waals surface area contributed by atoms with Crippen molar-refractivity contribution in [2.75, 3.05) is 5.73 Å². The van der Waals surface area contributed by atoms with Crippen LogP contribution in [0, 0.1) is 10.1 Å². The van der Waals surface area contributed by atoms with E-state index in [1.807, 2.05) is 0 Å². The summed E-state index contributed by atoms with van der Waals surface area (Å²) in [7, 11) is -4.38. The van der Waals surface area contributed by atoms with Gasteiger partial charge in [-0.3, -0.25) is 10.1 Å². The molecule has 0 spiro atoms. The van der Waals surface area contributed by atoms with Crippen LogP contribution in [0.25, 0.3) is 0 Å². The molecule has 2 aromatic rings. The zero-order valence-corrected chi connectivity index (χ0v) is 12.0. The number of hydrogen-bond acceptors (Lipinski definition) is 7. The van der Waals surface area contributed by atoms with Gasteiger partial charge in [-0.2, -0.15) is 0 Å². The van der Waals surface area contributed by atoms with Gasteiger partial charge in [0.05, 0.1) is 9.82 Å². The highest BCUT2D eigenvalue weighted by Gasteiger charge is 2.13. The molecule has 2 aromatic carbocycles. The van der Waals surface area contributed by atoms with Gasteiger partial charge in [-0.25, -0.2) is 8.42 Å². The number of nitrogens with two attached hydrogens (primary N) is 1. The third-order valence-corrected chi connectivity index (χ3v) is 3.28. The lowest BCUT2D eigenvalue weighted by Gasteiger charge is -2.05. The Morgan fingerprint density at radius 3 is 2.09 bits per heavy atom. The molecular formula is C12H13N3O6S. The number of rotatable bonds is 2. The van der Waals surface area contributed by atoms with E-state index < -0.39 is 15.0 Å². The van der Waals surface area contributed by atoms with E-state index in [0.29, 0.717) is 11.4 Å². The first-order chi connectivity index (χ1) is 10.1. The lowest BCUT2D eigenvalue weighted by atomic mass is 10.2. The summed E-state index contributed by atoms with van der Waals surface area (Å²) in [5.74, 6) is -0.0719. The number of phenolic OH excluding ortho intramolecular Hbond substituents is 1. The number of benzene rings is 2. The van der Waals surface area contributed by atoms with E-state index >= 15 is 0 Å². The number of anilines is 1. The third-order valence-electron chi connectivity index (χ3n) is 2.43. The molecule has 2 rings (SSSR count). The highest BCUT2D eigenvalue weighted by Crippen LogP contribution is 2.21. The Balaban J connectivity index is 0.000000220. The number of quaternary nitrogens is 1. The molecule has 0 aliphatic carbocycles. The molecule has 0 radical (unpaired) electrons. The molecule has 0 atom stereocenters. The van der Waals surface area contributed by atoms with Crippen LogP contribution in [0.5, 0.6) is 5.75 Å². The zero-order chi connectivity index (χ0) is 16.9. The molecule has 22 heavy (non-hydrogen) atoms. The van der Waals surface area contributed by atoms with E-state index in [-0.39, 0.29) is 16.3 Å². The normalized spacial score (nSPS) is 10.5. The van der Waals surface area contributed by atoms with Gasteiger partial charge in [-0.05, 0) is 30.3 Å². The fourth-order valence-corrected chi connectivity index (χ4v) is 1.83. The van der Waals surface area contributed by atoms with E-state index in [1.54, 1.807) is 6.07 Å². The first-order valence-corrected chi connectivity index (χ1v) is 7.13. The van der Waals surface area contributed by atoms with Crippen LogP contribution < -0.4 is 11.5 Å². The molecule has 9 nitrogen and oxygen atoms in total. The van der Waals surface area contributed by atoms with Crippen molar-refractivity contribution in [2.45, 2.75) is 4.90 Å². The summed E-state index contributed by atoms with van der Waals surface area (Å²) >= 11 is 0. The molecule has 0 aromatic heterocycles. The topological polar surface area (TPSA) is 174 Å². The molecule has 0 fully saturated rings. The van der Waals surface area contributed by atoms with E-state index in [2.05, 4.69) is 5.73 Å². The van der Waals surface area contributed by atoms with Gasteiger partial charge in [0.15, 0.2) is 0 Å². The van der Waals surface area contributed by atoms with Gasteiger partial charge in [-0.1, -0.05) is 0 Å². The summed E-state index contributed by atoms with van der Waals surface area (Å²) in [6.07, 6.45) is 0. The molecule has 0 aliphatic rings. The summed E-state index contributed by atoms with van der Waals surface area (Å²) in [4.78, 5) is 9.44. The smallest absolute Gasteiger partial charge is 0.331 e. The van der Waals surface area contributed by atoms with Gasteiger partial charge in [0.25, 0.3) is 0 Å². The second-order valence-corrected chi connectivity index (χ2v) is 5.47. The summed E-state index contributed by atoms with van der Waals surface area (Å²) in [5, 5.41) is 19.0. The average molecular weight is 327 g/mol. The standard InChI is InChI=1S/C6H7N3O2.C6H6O4S/c7-4-1-2-5(8)6(3-4)9(10)11;7-5-1-3-6(4-2-5)11(8,9)10/h1-3H,7-8H2;1-4,7H,(H,8,9,10). The fourth-order valence-electron chi connectivity index (χ4n) is 1.36. The molecule has 0 saturated carbocycles. The van der Waals surface area contributed by atoms with Crippen LogP contribution in [0.4, 0.5) is 17.1 Å². The molecule has 0 aliphatic heterocycles. The van der Waals surface area contributed by atoms with Crippen LogP contribution in [0.3, 0.4) is 0 Å². The molecule has 0 unspecified atom stereocenters. The molecule has 0 heterocycles. The van der Waals surface area contributed by atoms with Crippen molar-refractivity contribution in [2.24, 2.45) is 0 Å². The van der Waals surface area contributed by atoms with Crippen molar-refractivity contribution < 1.29 is 28.7 Å². The van der Waals surface area contributed by atoms with E-state index in [0.717, 1.165) is 24.3 Å². The van der Waals surface area contributed by atoms with Crippen molar-refractivity contribution in [3.05, 3.63) is 52.6 Å². The van der Waals surface area contributed by atoms with Gasteiger partial charge >= 0.3 is 5.69 Å². The first kappa shape index (κ1) is 17.4. The zero-order valence-electron chi connectivity index (χ0n) is 11.2. The monoisotopic (exact) mass is 327 g/mol. The lowest BCUT2D eigenvalue weighted by molar-refractivity contribution is -0.395. The maximum Gasteiger partial charge on any atom is 0.331 e. The quantitative estimate of drug-likeness (QED) is 0.308. The van der Waals surface area contributed by atoms with Crippen LogP contribution in [0.1, 0.15) is 0 Å². The van der Waals surface area contributed by atoms with Crippen molar-refractivity contribution in [3.8, 4) is 5.75 Å². The fraction of sp³-hybridized carbons (Fsp3) is 0. The van der Waals surface area contributed by atoms with Gasteiger partial charge in [-0.15, -0.1) is 0 Å². The van der Waals surface area contributed by atoms with Crippen molar-refractivity contribution in [1.29, 1.82) is 0 Å². The number of nitrogen functional groups attached to an aromatic ring is 1. The van der Waals surface area contributed by atoms with Gasteiger partial charge in [0, 0.05) is 17.8 Å². The van der Waals surface area contributed by atoms with Crippen LogP contribution in [0.2, 0.25) is 0 Å². The number of aromatic hydroxyl groups is 1. The summed E-state index contributed by atoms with van der Waals surface area (Å²) in [6.45, 7) is 0. The molecule has 6 N–H and O–H groups in total. The maximum absolute atomic E-state index is 10.3. The summed E-state index contributed by atoms with van der Waals surface area (Å²) in [5.41, 5.74) is 9.54. The Morgan fingerprint density at radius 2 is 1.68 bits per heavy atom. The Hall–Kier alpha value is -2.69. The Morgan fingerprint density at radius 1 is 1.14 bits per heavy atom. The van der Waals surface area contributed by atoms with Gasteiger partial charge < -0.3 is 21.1 Å². The number of phenols is 1. The number of nitro groups is 1. The molecule has 0 bridgehead atoms. The SMILES string of the molecule is Nc1ccc([NH3+])c([N+](=O)[O-])c1.O=S(=O)([O-])c1ccc(O)cc1. The van der Waals surface area contributed by atoms with Crippen molar-refractivity contribution in [1.82, 2.24) is 0 Å². The largest absolute Gasteiger partial charge is 0.744 e. The predicted molar refractivity (Wildman–Crippen MR) is 76.1 cm³/mol. The van der Waals surface area contributed by atoms with Crippen LogP contribution in [0.15, 0.2) is 47.4 Å². The second kappa shape index (κ2) is 6.85. The molecule has 118 valence electrons. The third kappa shape index (κ3) is 5.01. The van der Waals surface area contributed by atoms with E-state index in [9.17, 15) is 23.1 Å². The average Bonchev–Trinajstić information content (AvgIpc) is 2.41. The van der Waals surface area contributed by atoms with E-state index in [4.69, 9.17) is 10.8 Å².